The van der Waals surface area contributed by atoms with Crippen LogP contribution in [0.1, 0.15) is 36.5 Å². The number of hydrogen-bond acceptors (Lipinski definition) is 2. The molecular formula is C18H21NO. The fourth-order valence-corrected chi connectivity index (χ4v) is 2.56. The maximum Gasteiger partial charge on any atom is 0.122 e. The van der Waals surface area contributed by atoms with Crippen LogP contribution < -0.4 is 10.1 Å². The van der Waals surface area contributed by atoms with Crippen molar-refractivity contribution in [3.05, 3.63) is 59.2 Å². The largest absolute Gasteiger partial charge is 0.493 e. The average Bonchev–Trinajstić information content (AvgIpc) is 2.93. The van der Waals surface area contributed by atoms with Crippen molar-refractivity contribution in [2.45, 2.75) is 32.7 Å². The zero-order valence-electron chi connectivity index (χ0n) is 12.1. The molecule has 1 aliphatic heterocycles. The molecule has 1 N–H and O–H groups in total. The van der Waals surface area contributed by atoms with Crippen molar-refractivity contribution >= 4 is 5.69 Å². The van der Waals surface area contributed by atoms with Gasteiger partial charge in [-0.3, -0.25) is 0 Å². The Labute approximate surface area is 120 Å². The summed E-state index contributed by atoms with van der Waals surface area (Å²) in [4.78, 5) is 0. The summed E-state index contributed by atoms with van der Waals surface area (Å²) in [5, 5.41) is 3.51. The van der Waals surface area contributed by atoms with E-state index in [-0.39, 0.29) is 0 Å². The van der Waals surface area contributed by atoms with E-state index in [2.05, 4.69) is 61.6 Å². The van der Waals surface area contributed by atoms with E-state index in [0.29, 0.717) is 5.92 Å². The van der Waals surface area contributed by atoms with Gasteiger partial charge in [0.25, 0.3) is 0 Å². The molecule has 0 spiro atoms. The summed E-state index contributed by atoms with van der Waals surface area (Å²) in [7, 11) is 0. The molecule has 0 saturated carbocycles. The SMILES string of the molecule is CC(C)c1cccc(NCc2ccc3c(c2)CCO3)c1. The van der Waals surface area contributed by atoms with Crippen molar-refractivity contribution in [1.82, 2.24) is 0 Å². The van der Waals surface area contributed by atoms with Gasteiger partial charge in [0, 0.05) is 18.7 Å². The maximum absolute atomic E-state index is 5.54. The maximum atomic E-state index is 5.54. The van der Waals surface area contributed by atoms with Gasteiger partial charge >= 0.3 is 0 Å². The molecule has 0 radical (unpaired) electrons. The van der Waals surface area contributed by atoms with Gasteiger partial charge in [0.2, 0.25) is 0 Å². The first-order chi connectivity index (χ1) is 9.72. The van der Waals surface area contributed by atoms with Crippen LogP contribution >= 0.6 is 0 Å². The molecule has 2 nitrogen and oxygen atoms in total. The Bertz CT molecular complexity index is 604. The average molecular weight is 267 g/mol. The number of benzene rings is 2. The molecule has 0 aromatic heterocycles. The van der Waals surface area contributed by atoms with Gasteiger partial charge in [-0.2, -0.15) is 0 Å². The Morgan fingerprint density at radius 1 is 1.15 bits per heavy atom. The van der Waals surface area contributed by atoms with E-state index < -0.39 is 0 Å². The molecule has 1 heterocycles. The van der Waals surface area contributed by atoms with E-state index >= 15 is 0 Å². The summed E-state index contributed by atoms with van der Waals surface area (Å²) < 4.78 is 5.54. The topological polar surface area (TPSA) is 21.3 Å². The summed E-state index contributed by atoms with van der Waals surface area (Å²) in [6.07, 6.45) is 1.03. The van der Waals surface area contributed by atoms with Crippen LogP contribution in [0.5, 0.6) is 5.75 Å². The van der Waals surface area contributed by atoms with E-state index in [9.17, 15) is 0 Å². The van der Waals surface area contributed by atoms with Crippen LogP contribution in [0, 0.1) is 0 Å². The van der Waals surface area contributed by atoms with E-state index in [1.54, 1.807) is 0 Å². The van der Waals surface area contributed by atoms with Gasteiger partial charge < -0.3 is 10.1 Å². The lowest BCUT2D eigenvalue weighted by molar-refractivity contribution is 0.357. The Hall–Kier alpha value is -1.96. The summed E-state index contributed by atoms with van der Waals surface area (Å²) >= 11 is 0. The van der Waals surface area contributed by atoms with Gasteiger partial charge in [0.1, 0.15) is 5.75 Å². The fraction of sp³-hybridized carbons (Fsp3) is 0.333. The molecule has 0 saturated heterocycles. The summed E-state index contributed by atoms with van der Waals surface area (Å²) in [5.74, 6) is 1.62. The second-order valence-corrected chi connectivity index (χ2v) is 5.67. The van der Waals surface area contributed by atoms with Gasteiger partial charge in [-0.1, -0.05) is 38.1 Å². The van der Waals surface area contributed by atoms with Crippen LogP contribution in [-0.2, 0) is 13.0 Å². The van der Waals surface area contributed by atoms with Gasteiger partial charge in [-0.05, 0) is 40.8 Å². The van der Waals surface area contributed by atoms with Crippen LogP contribution in [0.3, 0.4) is 0 Å². The first kappa shape index (κ1) is 13.0. The summed E-state index contributed by atoms with van der Waals surface area (Å²) in [6, 6.07) is 15.1. The highest BCUT2D eigenvalue weighted by Gasteiger charge is 2.11. The van der Waals surface area contributed by atoms with Crippen molar-refractivity contribution in [3.8, 4) is 5.75 Å². The second kappa shape index (κ2) is 5.58. The van der Waals surface area contributed by atoms with Crippen LogP contribution in [0.2, 0.25) is 0 Å². The molecule has 0 bridgehead atoms. The van der Waals surface area contributed by atoms with Gasteiger partial charge in [0.15, 0.2) is 0 Å². The smallest absolute Gasteiger partial charge is 0.122 e. The predicted molar refractivity (Wildman–Crippen MR) is 83.5 cm³/mol. The molecule has 0 unspecified atom stereocenters. The van der Waals surface area contributed by atoms with Gasteiger partial charge in [-0.25, -0.2) is 0 Å². The molecular weight excluding hydrogens is 246 g/mol. The number of rotatable bonds is 4. The van der Waals surface area contributed by atoms with Gasteiger partial charge in [0.05, 0.1) is 6.61 Å². The molecule has 0 amide bonds. The molecule has 1 aliphatic rings. The zero-order valence-corrected chi connectivity index (χ0v) is 12.1. The zero-order chi connectivity index (χ0) is 13.9. The number of ether oxygens (including phenoxy) is 1. The van der Waals surface area contributed by atoms with Crippen molar-refractivity contribution in [1.29, 1.82) is 0 Å². The minimum absolute atomic E-state index is 0.564. The van der Waals surface area contributed by atoms with Gasteiger partial charge in [-0.15, -0.1) is 0 Å². The van der Waals surface area contributed by atoms with Crippen molar-refractivity contribution < 1.29 is 4.74 Å². The first-order valence-electron chi connectivity index (χ1n) is 7.31. The molecule has 20 heavy (non-hydrogen) atoms. The second-order valence-electron chi connectivity index (χ2n) is 5.67. The third-order valence-corrected chi connectivity index (χ3v) is 3.80. The monoisotopic (exact) mass is 267 g/mol. The van der Waals surface area contributed by atoms with Crippen molar-refractivity contribution in [3.63, 3.8) is 0 Å². The fourth-order valence-electron chi connectivity index (χ4n) is 2.56. The Balaban J connectivity index is 1.69. The van der Waals surface area contributed by atoms with Crippen molar-refractivity contribution in [2.24, 2.45) is 0 Å². The number of fused-ring (bicyclic) bond motifs is 1. The van der Waals surface area contributed by atoms with Crippen LogP contribution in [0.25, 0.3) is 0 Å². The first-order valence-corrected chi connectivity index (χ1v) is 7.31. The van der Waals surface area contributed by atoms with Crippen molar-refractivity contribution in [2.75, 3.05) is 11.9 Å². The molecule has 0 atom stereocenters. The normalized spacial score (nSPS) is 13.2. The summed E-state index contributed by atoms with van der Waals surface area (Å²) in [5.41, 5.74) is 5.20. The van der Waals surface area contributed by atoms with E-state index in [1.807, 2.05) is 0 Å². The van der Waals surface area contributed by atoms with Crippen LogP contribution in [0.15, 0.2) is 42.5 Å². The summed E-state index contributed by atoms with van der Waals surface area (Å²) in [6.45, 7) is 6.12. The Morgan fingerprint density at radius 2 is 2.05 bits per heavy atom. The quantitative estimate of drug-likeness (QED) is 0.888. The molecule has 0 fully saturated rings. The highest BCUT2D eigenvalue weighted by Crippen LogP contribution is 2.26. The minimum atomic E-state index is 0.564. The third-order valence-electron chi connectivity index (χ3n) is 3.80. The highest BCUT2D eigenvalue weighted by molar-refractivity contribution is 5.48. The van der Waals surface area contributed by atoms with Crippen LogP contribution in [0.4, 0.5) is 5.69 Å². The van der Waals surface area contributed by atoms with Crippen LogP contribution in [-0.4, -0.2) is 6.61 Å². The number of hydrogen-bond donors (Lipinski definition) is 1. The van der Waals surface area contributed by atoms with E-state index in [0.717, 1.165) is 25.3 Å². The standard InChI is InChI=1S/C18H21NO/c1-13(2)15-4-3-5-17(11-15)19-12-14-6-7-18-16(10-14)8-9-20-18/h3-7,10-11,13,19H,8-9,12H2,1-2H3. The highest BCUT2D eigenvalue weighted by atomic mass is 16.5. The lowest BCUT2D eigenvalue weighted by Gasteiger charge is -2.11. The predicted octanol–water partition coefficient (Wildman–Crippen LogP) is 4.36. The third kappa shape index (κ3) is 2.79. The number of nitrogens with one attached hydrogen (secondary N) is 1. The minimum Gasteiger partial charge on any atom is -0.493 e. The number of anilines is 1. The molecule has 104 valence electrons. The van der Waals surface area contributed by atoms with E-state index in [1.165, 1.54) is 22.4 Å². The lowest BCUT2D eigenvalue weighted by atomic mass is 10.0. The Kier molecular flexibility index (Phi) is 3.64. The molecule has 3 rings (SSSR count). The molecule has 2 aromatic carbocycles. The lowest BCUT2D eigenvalue weighted by Crippen LogP contribution is -2.00. The molecule has 2 heteroatoms. The molecule has 2 aromatic rings. The van der Waals surface area contributed by atoms with E-state index in [4.69, 9.17) is 4.74 Å². The molecule has 0 aliphatic carbocycles. The Morgan fingerprint density at radius 3 is 2.90 bits per heavy atom.